The number of imidazole rings is 1. The van der Waals surface area contributed by atoms with Gasteiger partial charge < -0.3 is 29.9 Å². The van der Waals surface area contributed by atoms with Crippen molar-refractivity contribution in [2.75, 3.05) is 14.2 Å². The number of benzene rings is 2. The van der Waals surface area contributed by atoms with Gasteiger partial charge in [0.25, 0.3) is 5.91 Å². The Balaban J connectivity index is 1.27. The zero-order valence-electron chi connectivity index (χ0n) is 22.8. The summed E-state index contributed by atoms with van der Waals surface area (Å²) < 4.78 is 27.2. The van der Waals surface area contributed by atoms with Crippen LogP contribution in [0.2, 0.25) is 0 Å². The van der Waals surface area contributed by atoms with Gasteiger partial charge in [-0.25, -0.2) is 20.0 Å². The van der Waals surface area contributed by atoms with Crippen LogP contribution in [0.1, 0.15) is 45.9 Å². The number of aromatic nitrogens is 2. The molecule has 4 aromatic rings. The lowest BCUT2D eigenvalue weighted by molar-refractivity contribution is -0.117. The Bertz CT molecular complexity index is 1630. The number of carbonyl (C=O) groups is 2. The molecule has 5 N–H and O–H groups in total. The minimum Gasteiger partial charge on any atom is -0.494 e. The number of hydrogen-bond acceptors (Lipinski definition) is 8. The summed E-state index contributed by atoms with van der Waals surface area (Å²) in [6, 6.07) is 13.8. The van der Waals surface area contributed by atoms with Crippen LogP contribution >= 0.6 is 0 Å². The summed E-state index contributed by atoms with van der Waals surface area (Å²) in [5, 5.41) is 3.93. The number of nitrogens with one attached hydrogen (secondary N) is 1. The molecule has 41 heavy (non-hydrogen) atoms. The number of esters is 1. The number of halogens is 1. The molecule has 0 aliphatic heterocycles. The first-order valence-corrected chi connectivity index (χ1v) is 13.1. The lowest BCUT2D eigenvalue weighted by atomic mass is 9.97. The zero-order valence-corrected chi connectivity index (χ0v) is 22.8. The summed E-state index contributed by atoms with van der Waals surface area (Å²) in [6.45, 7) is 0.0511. The average Bonchev–Trinajstić information content (AvgIpc) is 3.75. The van der Waals surface area contributed by atoms with Crippen molar-refractivity contribution >= 4 is 17.5 Å². The predicted octanol–water partition coefficient (Wildman–Crippen LogP) is 3.61. The van der Waals surface area contributed by atoms with Gasteiger partial charge in [0.15, 0.2) is 11.6 Å². The van der Waals surface area contributed by atoms with E-state index in [2.05, 4.69) is 22.6 Å². The first kappa shape index (κ1) is 27.7. The third-order valence-electron chi connectivity index (χ3n) is 6.95. The minimum absolute atomic E-state index is 0.0255. The average molecular weight is 559 g/mol. The molecule has 212 valence electrons. The third kappa shape index (κ3) is 6.15. The van der Waals surface area contributed by atoms with E-state index in [-0.39, 0.29) is 30.1 Å². The fourth-order valence-corrected chi connectivity index (χ4v) is 4.64. The van der Waals surface area contributed by atoms with Crippen LogP contribution in [0.25, 0.3) is 16.8 Å². The number of rotatable bonds is 10. The first-order chi connectivity index (χ1) is 19.8. The van der Waals surface area contributed by atoms with E-state index < -0.39 is 17.7 Å². The van der Waals surface area contributed by atoms with Crippen molar-refractivity contribution < 1.29 is 23.5 Å². The van der Waals surface area contributed by atoms with Gasteiger partial charge in [-0.15, -0.1) is 0 Å². The van der Waals surface area contributed by atoms with Crippen molar-refractivity contribution in [1.82, 2.24) is 19.7 Å². The fraction of sp³-hybridized carbons (Fsp3) is 0.233. The molecule has 0 saturated heterocycles. The molecule has 1 fully saturated rings. The molecule has 0 bridgehead atoms. The Morgan fingerprint density at radius 1 is 1.12 bits per heavy atom. The van der Waals surface area contributed by atoms with Crippen LogP contribution in [-0.4, -0.2) is 40.5 Å². The number of fused-ring (bicyclic) bond motifs is 1. The van der Waals surface area contributed by atoms with E-state index in [0.717, 1.165) is 5.65 Å². The van der Waals surface area contributed by atoms with Crippen molar-refractivity contribution in [3.05, 3.63) is 101 Å². The molecular weight excluding hydrogens is 527 g/mol. The molecular formula is C30H31FN6O4. The highest BCUT2D eigenvalue weighted by molar-refractivity contribution is 5.92. The molecule has 5 rings (SSSR count). The molecule has 10 nitrogen and oxygen atoms in total. The maximum Gasteiger partial charge on any atom is 0.337 e. The molecule has 2 aromatic heterocycles. The first-order valence-electron chi connectivity index (χ1n) is 13.1. The summed E-state index contributed by atoms with van der Waals surface area (Å²) >= 11 is 0. The molecule has 1 aliphatic rings. The Morgan fingerprint density at radius 2 is 1.88 bits per heavy atom. The normalized spacial score (nSPS) is 13.2. The van der Waals surface area contributed by atoms with E-state index in [1.165, 1.54) is 49.9 Å². The summed E-state index contributed by atoms with van der Waals surface area (Å²) in [7, 11) is 2.65. The van der Waals surface area contributed by atoms with Crippen LogP contribution in [-0.2, 0) is 22.6 Å². The van der Waals surface area contributed by atoms with Gasteiger partial charge >= 0.3 is 5.97 Å². The van der Waals surface area contributed by atoms with E-state index >= 15 is 4.39 Å². The number of hydrazine groups is 1. The predicted molar refractivity (Wildman–Crippen MR) is 151 cm³/mol. The molecule has 0 spiro atoms. The maximum absolute atomic E-state index is 15.3. The van der Waals surface area contributed by atoms with Gasteiger partial charge in [-0.05, 0) is 59.7 Å². The van der Waals surface area contributed by atoms with E-state index in [1.807, 2.05) is 16.7 Å². The molecule has 0 atom stereocenters. The monoisotopic (exact) mass is 558 g/mol. The highest BCUT2D eigenvalue weighted by Crippen LogP contribution is 2.40. The maximum atomic E-state index is 15.3. The fourth-order valence-electron chi connectivity index (χ4n) is 4.64. The molecule has 1 saturated carbocycles. The molecule has 2 heterocycles. The summed E-state index contributed by atoms with van der Waals surface area (Å²) in [5.41, 5.74) is 10.4. The van der Waals surface area contributed by atoms with Crippen LogP contribution in [0.3, 0.4) is 0 Å². The van der Waals surface area contributed by atoms with E-state index in [9.17, 15) is 9.59 Å². The minimum atomic E-state index is -0.626. The number of hydrogen-bond donors (Lipinski definition) is 3. The van der Waals surface area contributed by atoms with E-state index in [0.29, 0.717) is 28.3 Å². The van der Waals surface area contributed by atoms with Gasteiger partial charge in [-0.2, -0.15) is 0 Å². The lowest BCUT2D eigenvalue weighted by Crippen LogP contribution is -2.32. The number of pyridine rings is 1. The molecule has 0 unspecified atom stereocenters. The molecule has 11 heteroatoms. The largest absolute Gasteiger partial charge is 0.494 e. The number of amides is 1. The van der Waals surface area contributed by atoms with Crippen LogP contribution in [0.5, 0.6) is 5.75 Å². The second-order valence-corrected chi connectivity index (χ2v) is 9.85. The quantitative estimate of drug-likeness (QED) is 0.116. The summed E-state index contributed by atoms with van der Waals surface area (Å²) in [5.74, 6) is 5.03. The third-order valence-corrected chi connectivity index (χ3v) is 6.95. The van der Waals surface area contributed by atoms with Crippen molar-refractivity contribution in [2.45, 2.75) is 31.8 Å². The van der Waals surface area contributed by atoms with Gasteiger partial charge in [0.2, 0.25) is 0 Å². The van der Waals surface area contributed by atoms with Crippen LogP contribution < -0.4 is 21.6 Å². The van der Waals surface area contributed by atoms with Crippen LogP contribution in [0.4, 0.5) is 4.39 Å². The highest BCUT2D eigenvalue weighted by Gasteiger charge is 2.24. The molecule has 1 amide bonds. The SMILES string of the molecule is COC(=O)c1ccc(-c2ccc(OC)c(F)c2CNC(=O)/C(N)=C/N(N)Cc2cn3cc(C4CC4)ccc3n2)cc1. The van der Waals surface area contributed by atoms with Crippen molar-refractivity contribution in [2.24, 2.45) is 11.6 Å². The number of nitrogens with two attached hydrogens (primary N) is 2. The topological polar surface area (TPSA) is 137 Å². The standard InChI is InChI=1S/C30H31FN6O4/c1-40-26-11-10-23(19-5-7-20(8-6-19)30(39)41-2)24(28(26)31)13-34-29(38)25(32)17-37(33)16-22-15-36-14-21(18-3-4-18)9-12-27(36)35-22/h5-12,14-15,17-18H,3-4,13,16,32-33H2,1-2H3,(H,34,38)/b25-17-. The number of methoxy groups -OCH3 is 2. The highest BCUT2D eigenvalue weighted by atomic mass is 19.1. The lowest BCUT2D eigenvalue weighted by Gasteiger charge is -2.16. The van der Waals surface area contributed by atoms with Crippen molar-refractivity contribution in [1.29, 1.82) is 0 Å². The molecule has 2 aromatic carbocycles. The van der Waals surface area contributed by atoms with Crippen molar-refractivity contribution in [3.8, 4) is 16.9 Å². The molecule has 1 aliphatic carbocycles. The Labute approximate surface area is 236 Å². The van der Waals surface area contributed by atoms with E-state index in [4.69, 9.17) is 21.1 Å². The number of nitrogens with zero attached hydrogens (tertiary/aromatic N) is 3. The van der Waals surface area contributed by atoms with Gasteiger partial charge in [0, 0.05) is 30.7 Å². The van der Waals surface area contributed by atoms with Crippen molar-refractivity contribution in [3.63, 3.8) is 0 Å². The van der Waals surface area contributed by atoms with Gasteiger partial charge in [-0.3, -0.25) is 4.79 Å². The van der Waals surface area contributed by atoms with Crippen LogP contribution in [0, 0.1) is 5.82 Å². The Kier molecular flexibility index (Phi) is 7.88. The van der Waals surface area contributed by atoms with Gasteiger partial charge in [0.05, 0.1) is 32.0 Å². The smallest absolute Gasteiger partial charge is 0.337 e. The number of carbonyl (C=O) groups excluding carboxylic acids is 2. The van der Waals surface area contributed by atoms with E-state index in [1.54, 1.807) is 30.3 Å². The number of ether oxygens (including phenoxy) is 2. The van der Waals surface area contributed by atoms with Gasteiger partial charge in [0.1, 0.15) is 11.3 Å². The molecule has 0 radical (unpaired) electrons. The zero-order chi connectivity index (χ0) is 29.1. The second kappa shape index (κ2) is 11.7. The Morgan fingerprint density at radius 3 is 2.56 bits per heavy atom. The van der Waals surface area contributed by atoms with Gasteiger partial charge in [-0.1, -0.05) is 24.3 Å². The Hall–Kier alpha value is -4.90. The van der Waals surface area contributed by atoms with Crippen LogP contribution in [0.15, 0.2) is 72.8 Å². The summed E-state index contributed by atoms with van der Waals surface area (Å²) in [4.78, 5) is 29.2. The second-order valence-electron chi connectivity index (χ2n) is 9.85. The summed E-state index contributed by atoms with van der Waals surface area (Å²) in [6.07, 6.45) is 7.72.